The molecule has 3 N–H and O–H groups in total. The van der Waals surface area contributed by atoms with E-state index >= 15 is 0 Å². The highest BCUT2D eigenvalue weighted by Gasteiger charge is 2.45. The van der Waals surface area contributed by atoms with Crippen LogP contribution in [0.4, 0.5) is 0 Å². The number of likely N-dealkylation sites (tertiary alicyclic amines) is 1. The van der Waals surface area contributed by atoms with Gasteiger partial charge in [-0.05, 0) is 25.0 Å². The van der Waals surface area contributed by atoms with E-state index in [9.17, 15) is 4.79 Å². The minimum absolute atomic E-state index is 0.0470. The van der Waals surface area contributed by atoms with Crippen LogP contribution < -0.4 is 5.73 Å². The predicted octanol–water partition coefficient (Wildman–Crippen LogP) is 2.57. The minimum Gasteiger partial charge on any atom is -0.366 e. The van der Waals surface area contributed by atoms with Gasteiger partial charge in [-0.25, -0.2) is 4.98 Å². The Bertz CT molecular complexity index is 739. The first kappa shape index (κ1) is 14.7. The van der Waals surface area contributed by atoms with Crippen molar-refractivity contribution in [3.05, 3.63) is 29.6 Å². The molecule has 0 atom stereocenters. The smallest absolute Gasteiger partial charge is 0.250 e. The highest BCUT2D eigenvalue weighted by Crippen LogP contribution is 2.38. The summed E-state index contributed by atoms with van der Waals surface area (Å²) in [5.41, 5.74) is 7.61. The molecule has 1 amide bonds. The Kier molecular flexibility index (Phi) is 3.41. The Morgan fingerprint density at radius 1 is 1.30 bits per heavy atom. The molecule has 2 aliphatic rings. The van der Waals surface area contributed by atoms with Crippen molar-refractivity contribution in [2.24, 2.45) is 5.73 Å². The first-order valence-corrected chi connectivity index (χ1v) is 8.60. The Morgan fingerprint density at radius 3 is 2.74 bits per heavy atom. The number of nitrogens with one attached hydrogen (secondary N) is 1. The van der Waals surface area contributed by atoms with Crippen LogP contribution in [-0.2, 0) is 5.41 Å². The molecule has 1 aliphatic heterocycles. The van der Waals surface area contributed by atoms with Crippen molar-refractivity contribution >= 4 is 16.9 Å². The Morgan fingerprint density at radius 2 is 2.04 bits per heavy atom. The lowest BCUT2D eigenvalue weighted by Crippen LogP contribution is -2.61. The largest absolute Gasteiger partial charge is 0.366 e. The molecule has 0 radical (unpaired) electrons. The van der Waals surface area contributed by atoms with Crippen LogP contribution in [0.2, 0.25) is 0 Å². The number of nitrogens with zero attached hydrogens (tertiary/aromatic N) is 2. The molecule has 1 aliphatic carbocycles. The standard InChI is InChI=1S/C18H24N4O/c1-18(10-22(11-18)12-6-3-2-4-7-12)17-20-14-9-5-8-13(16(19)23)15(14)21-17/h5,8-9,12H,2-4,6-7,10-11H2,1H3,(H2,19,23)(H,20,21). The van der Waals surface area contributed by atoms with Gasteiger partial charge in [-0.1, -0.05) is 32.3 Å². The first-order valence-electron chi connectivity index (χ1n) is 8.60. The number of aromatic amines is 1. The molecule has 1 aromatic carbocycles. The summed E-state index contributed by atoms with van der Waals surface area (Å²) in [5, 5.41) is 0. The summed E-state index contributed by atoms with van der Waals surface area (Å²) in [6.07, 6.45) is 6.79. The van der Waals surface area contributed by atoms with Crippen LogP contribution in [0.15, 0.2) is 18.2 Å². The lowest BCUT2D eigenvalue weighted by atomic mass is 9.78. The second kappa shape index (κ2) is 5.34. The van der Waals surface area contributed by atoms with Gasteiger partial charge in [0.1, 0.15) is 11.3 Å². The van der Waals surface area contributed by atoms with E-state index in [-0.39, 0.29) is 5.41 Å². The number of primary amides is 1. The maximum Gasteiger partial charge on any atom is 0.250 e. The number of rotatable bonds is 3. The molecule has 122 valence electrons. The van der Waals surface area contributed by atoms with Crippen molar-refractivity contribution in [1.29, 1.82) is 0 Å². The number of imidazole rings is 1. The molecule has 2 aromatic rings. The summed E-state index contributed by atoms with van der Waals surface area (Å²) >= 11 is 0. The first-order chi connectivity index (χ1) is 11.1. The number of hydrogen-bond acceptors (Lipinski definition) is 3. The number of hydrogen-bond donors (Lipinski definition) is 2. The summed E-state index contributed by atoms with van der Waals surface area (Å²) < 4.78 is 0. The van der Waals surface area contributed by atoms with E-state index in [1.54, 1.807) is 6.07 Å². The lowest BCUT2D eigenvalue weighted by molar-refractivity contribution is 0.0150. The quantitative estimate of drug-likeness (QED) is 0.914. The summed E-state index contributed by atoms with van der Waals surface area (Å²) in [7, 11) is 0. The summed E-state index contributed by atoms with van der Waals surface area (Å²) in [6, 6.07) is 6.30. The average Bonchev–Trinajstić information content (AvgIpc) is 2.96. The summed E-state index contributed by atoms with van der Waals surface area (Å²) in [4.78, 5) is 22.3. The van der Waals surface area contributed by atoms with E-state index in [0.717, 1.165) is 30.5 Å². The Balaban J connectivity index is 1.58. The number of para-hydroxylation sites is 1. The van der Waals surface area contributed by atoms with Crippen LogP contribution in [-0.4, -0.2) is 39.9 Å². The van der Waals surface area contributed by atoms with Gasteiger partial charge >= 0.3 is 0 Å². The van der Waals surface area contributed by atoms with Crippen molar-refractivity contribution in [2.75, 3.05) is 13.1 Å². The zero-order chi connectivity index (χ0) is 16.0. The number of amides is 1. The number of fused-ring (bicyclic) bond motifs is 1. The highest BCUT2D eigenvalue weighted by molar-refractivity contribution is 6.04. The summed E-state index contributed by atoms with van der Waals surface area (Å²) in [5.74, 6) is 0.560. The molecule has 0 unspecified atom stereocenters. The topological polar surface area (TPSA) is 75.0 Å². The molecule has 0 bridgehead atoms. The number of carbonyl (C=O) groups excluding carboxylic acids is 1. The molecule has 5 nitrogen and oxygen atoms in total. The van der Waals surface area contributed by atoms with Crippen LogP contribution in [0.1, 0.15) is 55.2 Å². The van der Waals surface area contributed by atoms with Gasteiger partial charge in [0, 0.05) is 19.1 Å². The fraction of sp³-hybridized carbons (Fsp3) is 0.556. The Hall–Kier alpha value is -1.88. The molecule has 1 saturated carbocycles. The van der Waals surface area contributed by atoms with Crippen LogP contribution in [0.25, 0.3) is 11.0 Å². The molecule has 23 heavy (non-hydrogen) atoms. The van der Waals surface area contributed by atoms with Gasteiger partial charge in [-0.2, -0.15) is 0 Å². The molecular weight excluding hydrogens is 288 g/mol. The minimum atomic E-state index is -0.420. The lowest BCUT2D eigenvalue weighted by Gasteiger charge is -2.51. The fourth-order valence-electron chi connectivity index (χ4n) is 4.22. The maximum absolute atomic E-state index is 11.6. The van der Waals surface area contributed by atoms with Crippen molar-refractivity contribution < 1.29 is 4.79 Å². The number of carbonyl (C=O) groups is 1. The maximum atomic E-state index is 11.6. The molecule has 2 heterocycles. The van der Waals surface area contributed by atoms with Gasteiger partial charge in [0.2, 0.25) is 0 Å². The van der Waals surface area contributed by atoms with Gasteiger partial charge in [0.25, 0.3) is 5.91 Å². The Labute approximate surface area is 136 Å². The van der Waals surface area contributed by atoms with Crippen molar-refractivity contribution in [2.45, 2.75) is 50.5 Å². The molecule has 0 spiro atoms. The van der Waals surface area contributed by atoms with E-state index in [4.69, 9.17) is 10.7 Å². The molecule has 5 heteroatoms. The highest BCUT2D eigenvalue weighted by atomic mass is 16.1. The second-order valence-corrected chi connectivity index (χ2v) is 7.41. The van der Waals surface area contributed by atoms with Gasteiger partial charge in [-0.3, -0.25) is 9.69 Å². The third kappa shape index (κ3) is 2.43. The van der Waals surface area contributed by atoms with E-state index in [1.165, 1.54) is 32.1 Å². The second-order valence-electron chi connectivity index (χ2n) is 7.41. The van der Waals surface area contributed by atoms with Gasteiger partial charge < -0.3 is 10.7 Å². The molecule has 4 rings (SSSR count). The number of aromatic nitrogens is 2. The van der Waals surface area contributed by atoms with Crippen LogP contribution in [0.3, 0.4) is 0 Å². The zero-order valence-corrected chi connectivity index (χ0v) is 13.6. The monoisotopic (exact) mass is 312 g/mol. The van der Waals surface area contributed by atoms with Gasteiger partial charge in [-0.15, -0.1) is 0 Å². The number of H-pyrrole nitrogens is 1. The van der Waals surface area contributed by atoms with Gasteiger partial charge in [0.05, 0.1) is 16.5 Å². The number of benzene rings is 1. The number of nitrogens with two attached hydrogens (primary N) is 1. The van der Waals surface area contributed by atoms with E-state index in [1.807, 2.05) is 12.1 Å². The molecule has 1 aromatic heterocycles. The normalized spacial score (nSPS) is 22.1. The molecule has 1 saturated heterocycles. The fourth-order valence-corrected chi connectivity index (χ4v) is 4.22. The third-order valence-electron chi connectivity index (χ3n) is 5.55. The molecule has 2 fully saturated rings. The zero-order valence-electron chi connectivity index (χ0n) is 13.6. The average molecular weight is 312 g/mol. The van der Waals surface area contributed by atoms with Crippen molar-refractivity contribution in [3.8, 4) is 0 Å². The van der Waals surface area contributed by atoms with Crippen LogP contribution in [0, 0.1) is 0 Å². The van der Waals surface area contributed by atoms with E-state index in [0.29, 0.717) is 11.1 Å². The van der Waals surface area contributed by atoms with Crippen LogP contribution in [0.5, 0.6) is 0 Å². The van der Waals surface area contributed by atoms with Gasteiger partial charge in [0.15, 0.2) is 0 Å². The predicted molar refractivity (Wildman–Crippen MR) is 90.4 cm³/mol. The van der Waals surface area contributed by atoms with Crippen molar-refractivity contribution in [1.82, 2.24) is 14.9 Å². The summed E-state index contributed by atoms with van der Waals surface area (Å²) in [6.45, 7) is 4.35. The van der Waals surface area contributed by atoms with E-state index < -0.39 is 5.91 Å². The van der Waals surface area contributed by atoms with Crippen molar-refractivity contribution in [3.63, 3.8) is 0 Å². The third-order valence-corrected chi connectivity index (χ3v) is 5.55. The molecular formula is C18H24N4O. The van der Waals surface area contributed by atoms with Crippen LogP contribution >= 0.6 is 0 Å². The van der Waals surface area contributed by atoms with E-state index in [2.05, 4.69) is 16.8 Å². The SMILES string of the molecule is CC1(c2nc3c(C(N)=O)cccc3[nH]2)CN(C2CCCCC2)C1.